The first-order valence-corrected chi connectivity index (χ1v) is 4.79. The Morgan fingerprint density at radius 1 is 1.59 bits per heavy atom. The molecule has 0 aliphatic carbocycles. The summed E-state index contributed by atoms with van der Waals surface area (Å²) in [4.78, 5) is 32.9. The van der Waals surface area contributed by atoms with Crippen LogP contribution in [0.4, 0.5) is 5.95 Å². The van der Waals surface area contributed by atoms with Crippen LogP contribution in [0.1, 0.15) is 0 Å². The van der Waals surface area contributed by atoms with Gasteiger partial charge in [0, 0.05) is 0 Å². The Morgan fingerprint density at radius 3 is 3.06 bits per heavy atom. The summed E-state index contributed by atoms with van der Waals surface area (Å²) in [5, 5.41) is 2.42. The molecule has 17 heavy (non-hydrogen) atoms. The van der Waals surface area contributed by atoms with E-state index in [1.165, 1.54) is 10.9 Å². The maximum Gasteiger partial charge on any atom is 0.280 e. The van der Waals surface area contributed by atoms with Crippen LogP contribution in [0.25, 0.3) is 11.2 Å². The lowest BCUT2D eigenvalue weighted by Crippen LogP contribution is -2.32. The Kier molecular flexibility index (Phi) is 2.75. The largest absolute Gasteiger partial charge is 0.369 e. The first-order chi connectivity index (χ1) is 8.11. The maximum atomic E-state index is 11.5. The number of hydrogen-bond acceptors (Lipinski definition) is 6. The number of nitrogen functional groups attached to an aromatic ring is 1. The second-order valence-corrected chi connectivity index (χ2v) is 3.30. The number of aromatic nitrogens is 4. The molecule has 2 aromatic rings. The molecule has 2 rings (SSSR count). The minimum absolute atomic E-state index is 0.0242. The minimum atomic E-state index is -0.439. The molecular weight excluding hydrogens is 226 g/mol. The van der Waals surface area contributed by atoms with Crippen molar-refractivity contribution in [2.75, 3.05) is 12.4 Å². The predicted molar refractivity (Wildman–Crippen MR) is 59.8 cm³/mol. The fourth-order valence-corrected chi connectivity index (χ4v) is 1.41. The summed E-state index contributed by atoms with van der Waals surface area (Å²) >= 11 is 0. The lowest BCUT2D eigenvalue weighted by atomic mass is 10.5. The molecule has 0 aliphatic rings. The molecule has 90 valence electrons. The molecule has 6 N–H and O–H groups in total. The molecule has 0 aromatic carbocycles. The molecule has 9 nitrogen and oxygen atoms in total. The molecule has 2 heterocycles. The summed E-state index contributed by atoms with van der Waals surface area (Å²) in [7, 11) is 0. The standard InChI is InChI=1S/C8H11N7O2/c9-2-11-4(16)1-15-3-12-5-6(15)13-8(10)14-7(5)17/h3H,1-2,9H2,(H,11,16)(H3,10,13,14,17). The van der Waals surface area contributed by atoms with Gasteiger partial charge in [-0.3, -0.25) is 14.6 Å². The van der Waals surface area contributed by atoms with Crippen LogP contribution < -0.4 is 22.3 Å². The smallest absolute Gasteiger partial charge is 0.280 e. The quantitative estimate of drug-likeness (QED) is 0.443. The van der Waals surface area contributed by atoms with Crippen LogP contribution in [0, 0.1) is 0 Å². The topological polar surface area (TPSA) is 145 Å². The van der Waals surface area contributed by atoms with Crippen molar-refractivity contribution in [1.82, 2.24) is 24.8 Å². The van der Waals surface area contributed by atoms with Gasteiger partial charge >= 0.3 is 0 Å². The number of amides is 1. The second kappa shape index (κ2) is 4.22. The number of fused-ring (bicyclic) bond motifs is 1. The van der Waals surface area contributed by atoms with Gasteiger partial charge in [-0.15, -0.1) is 0 Å². The third-order valence-corrected chi connectivity index (χ3v) is 2.11. The average molecular weight is 237 g/mol. The van der Waals surface area contributed by atoms with E-state index < -0.39 is 5.56 Å². The highest BCUT2D eigenvalue weighted by Crippen LogP contribution is 2.05. The fourth-order valence-electron chi connectivity index (χ4n) is 1.41. The van der Waals surface area contributed by atoms with Crippen LogP contribution in [-0.4, -0.2) is 32.1 Å². The van der Waals surface area contributed by atoms with E-state index >= 15 is 0 Å². The average Bonchev–Trinajstić information content (AvgIpc) is 2.62. The van der Waals surface area contributed by atoms with Crippen LogP contribution in [-0.2, 0) is 11.3 Å². The first kappa shape index (κ1) is 11.1. The number of nitrogens with zero attached hydrogens (tertiary/aromatic N) is 3. The normalized spacial score (nSPS) is 10.6. The Labute approximate surface area is 94.8 Å². The Hall–Kier alpha value is -2.42. The van der Waals surface area contributed by atoms with E-state index in [1.54, 1.807) is 0 Å². The van der Waals surface area contributed by atoms with E-state index in [1.807, 2.05) is 0 Å². The highest BCUT2D eigenvalue weighted by atomic mass is 16.2. The summed E-state index contributed by atoms with van der Waals surface area (Å²) in [6, 6.07) is 0. The number of H-pyrrole nitrogens is 1. The van der Waals surface area contributed by atoms with Crippen LogP contribution in [0.2, 0.25) is 0 Å². The molecule has 9 heteroatoms. The van der Waals surface area contributed by atoms with Crippen molar-refractivity contribution >= 4 is 23.0 Å². The molecule has 0 spiro atoms. The summed E-state index contributed by atoms with van der Waals surface area (Å²) < 4.78 is 1.42. The van der Waals surface area contributed by atoms with Crippen molar-refractivity contribution in [2.24, 2.45) is 5.73 Å². The molecule has 0 atom stereocenters. The zero-order valence-electron chi connectivity index (χ0n) is 8.80. The molecule has 0 fully saturated rings. The number of carbonyl (C=O) groups excluding carboxylic acids is 1. The SMILES string of the molecule is NCNC(=O)Cn1cnc2c(=O)[nH]c(N)nc21. The van der Waals surface area contributed by atoms with E-state index in [0.717, 1.165) is 0 Å². The maximum absolute atomic E-state index is 11.5. The van der Waals surface area contributed by atoms with Gasteiger partial charge in [-0.05, 0) is 0 Å². The lowest BCUT2D eigenvalue weighted by Gasteiger charge is -2.03. The molecule has 0 radical (unpaired) electrons. The molecule has 0 bridgehead atoms. The Balaban J connectivity index is 2.42. The third-order valence-electron chi connectivity index (χ3n) is 2.11. The lowest BCUT2D eigenvalue weighted by molar-refractivity contribution is -0.121. The van der Waals surface area contributed by atoms with Crippen molar-refractivity contribution < 1.29 is 4.79 Å². The van der Waals surface area contributed by atoms with E-state index in [2.05, 4.69) is 20.3 Å². The van der Waals surface area contributed by atoms with Gasteiger partial charge in [0.25, 0.3) is 5.56 Å². The Morgan fingerprint density at radius 2 is 2.35 bits per heavy atom. The summed E-state index contributed by atoms with van der Waals surface area (Å²) in [5.41, 5.74) is 10.5. The van der Waals surface area contributed by atoms with Crippen LogP contribution in [0.15, 0.2) is 11.1 Å². The number of aromatic amines is 1. The first-order valence-electron chi connectivity index (χ1n) is 4.79. The molecule has 0 unspecified atom stereocenters. The molecule has 1 amide bonds. The highest BCUT2D eigenvalue weighted by Gasteiger charge is 2.11. The number of rotatable bonds is 3. The number of imidazole rings is 1. The molecule has 0 saturated carbocycles. The fraction of sp³-hybridized carbons (Fsp3) is 0.250. The molecular formula is C8H11N7O2. The van der Waals surface area contributed by atoms with Gasteiger partial charge in [0.05, 0.1) is 13.0 Å². The Bertz CT molecular complexity index is 614. The number of carbonyl (C=O) groups is 1. The molecule has 0 saturated heterocycles. The minimum Gasteiger partial charge on any atom is -0.369 e. The van der Waals surface area contributed by atoms with Crippen molar-refractivity contribution in [3.63, 3.8) is 0 Å². The van der Waals surface area contributed by atoms with Gasteiger partial charge in [0.1, 0.15) is 6.54 Å². The predicted octanol–water partition coefficient (Wildman–Crippen LogP) is -2.27. The van der Waals surface area contributed by atoms with Crippen LogP contribution >= 0.6 is 0 Å². The van der Waals surface area contributed by atoms with Crippen molar-refractivity contribution in [2.45, 2.75) is 6.54 Å². The molecule has 0 aliphatic heterocycles. The summed E-state index contributed by atoms with van der Waals surface area (Å²) in [6.45, 7) is 0.0191. The number of nitrogens with one attached hydrogen (secondary N) is 2. The van der Waals surface area contributed by atoms with Gasteiger partial charge in [0.2, 0.25) is 11.9 Å². The van der Waals surface area contributed by atoms with Crippen molar-refractivity contribution in [3.05, 3.63) is 16.7 Å². The van der Waals surface area contributed by atoms with Gasteiger partial charge in [-0.1, -0.05) is 0 Å². The van der Waals surface area contributed by atoms with Gasteiger partial charge < -0.3 is 21.4 Å². The zero-order valence-corrected chi connectivity index (χ0v) is 8.80. The van der Waals surface area contributed by atoms with Gasteiger partial charge in [-0.2, -0.15) is 4.98 Å². The van der Waals surface area contributed by atoms with Gasteiger partial charge in [0.15, 0.2) is 11.2 Å². The highest BCUT2D eigenvalue weighted by molar-refractivity contribution is 5.78. The van der Waals surface area contributed by atoms with Crippen molar-refractivity contribution in [3.8, 4) is 0 Å². The van der Waals surface area contributed by atoms with Crippen LogP contribution in [0.5, 0.6) is 0 Å². The van der Waals surface area contributed by atoms with E-state index in [0.29, 0.717) is 0 Å². The van der Waals surface area contributed by atoms with Crippen LogP contribution in [0.3, 0.4) is 0 Å². The summed E-state index contributed by atoms with van der Waals surface area (Å²) in [5.74, 6) is -0.323. The number of anilines is 1. The van der Waals surface area contributed by atoms with E-state index in [9.17, 15) is 9.59 Å². The molecule has 2 aromatic heterocycles. The van der Waals surface area contributed by atoms with Crippen molar-refractivity contribution in [1.29, 1.82) is 0 Å². The number of hydrogen-bond donors (Lipinski definition) is 4. The third kappa shape index (κ3) is 2.08. The summed E-state index contributed by atoms with van der Waals surface area (Å²) in [6.07, 6.45) is 1.35. The van der Waals surface area contributed by atoms with E-state index in [4.69, 9.17) is 11.5 Å². The zero-order chi connectivity index (χ0) is 12.4. The van der Waals surface area contributed by atoms with Gasteiger partial charge in [-0.25, -0.2) is 4.98 Å². The second-order valence-electron chi connectivity index (χ2n) is 3.30. The number of nitrogens with two attached hydrogens (primary N) is 2. The monoisotopic (exact) mass is 237 g/mol. The van der Waals surface area contributed by atoms with E-state index in [-0.39, 0.29) is 36.2 Å².